The first-order valence-electron chi connectivity index (χ1n) is 9.06. The first-order valence-corrected chi connectivity index (χ1v) is 9.06. The minimum Gasteiger partial charge on any atom is -0.489 e. The van der Waals surface area contributed by atoms with Crippen molar-refractivity contribution in [3.63, 3.8) is 0 Å². The lowest BCUT2D eigenvalue weighted by Gasteiger charge is -2.09. The Morgan fingerprint density at radius 1 is 1.07 bits per heavy atom. The van der Waals surface area contributed by atoms with E-state index in [1.807, 2.05) is 48.5 Å². The van der Waals surface area contributed by atoms with Crippen LogP contribution in [0.3, 0.4) is 0 Å². The van der Waals surface area contributed by atoms with E-state index in [0.29, 0.717) is 18.0 Å². The van der Waals surface area contributed by atoms with Crippen molar-refractivity contribution in [3.05, 3.63) is 89.0 Å². The van der Waals surface area contributed by atoms with Gasteiger partial charge in [0.25, 0.3) is 5.56 Å². The monoisotopic (exact) mass is 389 g/mol. The third-order valence-corrected chi connectivity index (χ3v) is 4.55. The van der Waals surface area contributed by atoms with Gasteiger partial charge in [0.2, 0.25) is 0 Å². The molecule has 0 unspecified atom stereocenters. The van der Waals surface area contributed by atoms with Crippen molar-refractivity contribution in [2.45, 2.75) is 13.2 Å². The summed E-state index contributed by atoms with van der Waals surface area (Å²) in [5.74, 6) is 0.142. The van der Waals surface area contributed by atoms with Gasteiger partial charge in [-0.3, -0.25) is 18.8 Å². The molecule has 2 aromatic heterocycles. The fourth-order valence-electron chi connectivity index (χ4n) is 3.04. The van der Waals surface area contributed by atoms with E-state index in [0.717, 1.165) is 16.5 Å². The molecule has 0 bridgehead atoms. The van der Waals surface area contributed by atoms with E-state index >= 15 is 0 Å². The van der Waals surface area contributed by atoms with Gasteiger partial charge < -0.3 is 9.47 Å². The van der Waals surface area contributed by atoms with Crippen LogP contribution in [-0.2, 0) is 22.7 Å². The van der Waals surface area contributed by atoms with Gasteiger partial charge in [0.05, 0.1) is 18.8 Å². The number of carbonyl (C=O) groups excluding carboxylic acids is 1. The number of aromatic nitrogens is 3. The van der Waals surface area contributed by atoms with Crippen molar-refractivity contribution in [2.75, 3.05) is 7.11 Å². The molecule has 0 spiro atoms. The SMILES string of the molecule is COC(=O)Cn1ncc2cc(-n3ccc(OCc4ccccc4)cc3=O)ccc21. The third kappa shape index (κ3) is 4.03. The first-order chi connectivity index (χ1) is 14.1. The second kappa shape index (κ2) is 8.02. The number of esters is 1. The van der Waals surface area contributed by atoms with Gasteiger partial charge in [-0.1, -0.05) is 30.3 Å². The Labute approximate surface area is 166 Å². The van der Waals surface area contributed by atoms with Crippen LogP contribution in [0.5, 0.6) is 5.75 Å². The summed E-state index contributed by atoms with van der Waals surface area (Å²) in [4.78, 5) is 24.1. The number of fused-ring (bicyclic) bond motifs is 1. The van der Waals surface area contributed by atoms with Crippen molar-refractivity contribution in [1.82, 2.24) is 14.3 Å². The summed E-state index contributed by atoms with van der Waals surface area (Å²) in [6, 6.07) is 18.5. The summed E-state index contributed by atoms with van der Waals surface area (Å²) in [6.45, 7) is 0.433. The molecule has 0 amide bonds. The first kappa shape index (κ1) is 18.5. The van der Waals surface area contributed by atoms with Gasteiger partial charge >= 0.3 is 5.97 Å². The van der Waals surface area contributed by atoms with Crippen LogP contribution in [-0.4, -0.2) is 27.4 Å². The van der Waals surface area contributed by atoms with Crippen molar-refractivity contribution >= 4 is 16.9 Å². The van der Waals surface area contributed by atoms with E-state index in [4.69, 9.17) is 4.74 Å². The molecular weight excluding hydrogens is 370 g/mol. The third-order valence-electron chi connectivity index (χ3n) is 4.55. The molecule has 0 aliphatic rings. The fourth-order valence-corrected chi connectivity index (χ4v) is 3.04. The summed E-state index contributed by atoms with van der Waals surface area (Å²) in [7, 11) is 1.34. The average Bonchev–Trinajstić information content (AvgIpc) is 3.15. The van der Waals surface area contributed by atoms with Crippen LogP contribution in [0.4, 0.5) is 0 Å². The molecule has 2 heterocycles. The van der Waals surface area contributed by atoms with Crippen molar-refractivity contribution < 1.29 is 14.3 Å². The number of nitrogens with zero attached hydrogens (tertiary/aromatic N) is 3. The van der Waals surface area contributed by atoms with Crippen LogP contribution in [0.2, 0.25) is 0 Å². The number of hydrogen-bond acceptors (Lipinski definition) is 5. The molecule has 0 aliphatic heterocycles. The van der Waals surface area contributed by atoms with Gasteiger partial charge in [-0.2, -0.15) is 5.10 Å². The number of pyridine rings is 1. The highest BCUT2D eigenvalue weighted by Crippen LogP contribution is 2.19. The van der Waals surface area contributed by atoms with Gasteiger partial charge in [-0.05, 0) is 29.8 Å². The lowest BCUT2D eigenvalue weighted by molar-refractivity contribution is -0.141. The van der Waals surface area contributed by atoms with Crippen LogP contribution >= 0.6 is 0 Å². The summed E-state index contributed by atoms with van der Waals surface area (Å²) in [6.07, 6.45) is 3.34. The van der Waals surface area contributed by atoms with Gasteiger partial charge in [-0.15, -0.1) is 0 Å². The molecule has 0 saturated carbocycles. The molecule has 7 nitrogen and oxygen atoms in total. The van der Waals surface area contributed by atoms with E-state index in [1.165, 1.54) is 17.7 Å². The zero-order valence-corrected chi connectivity index (χ0v) is 15.8. The molecule has 0 N–H and O–H groups in total. The normalized spacial score (nSPS) is 10.8. The van der Waals surface area contributed by atoms with E-state index in [2.05, 4.69) is 9.84 Å². The highest BCUT2D eigenvalue weighted by molar-refractivity contribution is 5.82. The van der Waals surface area contributed by atoms with Crippen LogP contribution in [0.15, 0.2) is 77.9 Å². The lowest BCUT2D eigenvalue weighted by atomic mass is 10.2. The fraction of sp³-hybridized carbons (Fsp3) is 0.136. The Balaban J connectivity index is 1.55. The van der Waals surface area contributed by atoms with Gasteiger partial charge in [0.15, 0.2) is 0 Å². The quantitative estimate of drug-likeness (QED) is 0.474. The zero-order chi connectivity index (χ0) is 20.2. The molecule has 0 atom stereocenters. The summed E-state index contributed by atoms with van der Waals surface area (Å²) in [5.41, 5.74) is 2.33. The van der Waals surface area contributed by atoms with Gasteiger partial charge in [0, 0.05) is 23.3 Å². The van der Waals surface area contributed by atoms with Crippen LogP contribution < -0.4 is 10.3 Å². The second-order valence-electron chi connectivity index (χ2n) is 6.47. The smallest absolute Gasteiger partial charge is 0.327 e. The Hall–Kier alpha value is -3.87. The van der Waals surface area contributed by atoms with Crippen LogP contribution in [0.25, 0.3) is 16.6 Å². The molecule has 4 rings (SSSR count). The number of ether oxygens (including phenoxy) is 2. The molecular formula is C22H19N3O4. The molecule has 0 aliphatic carbocycles. The van der Waals surface area contributed by atoms with E-state index in [9.17, 15) is 9.59 Å². The highest BCUT2D eigenvalue weighted by atomic mass is 16.5. The Kier molecular flexibility index (Phi) is 5.11. The van der Waals surface area contributed by atoms with E-state index in [-0.39, 0.29) is 18.1 Å². The summed E-state index contributed by atoms with van der Waals surface area (Å²) >= 11 is 0. The largest absolute Gasteiger partial charge is 0.489 e. The molecule has 0 radical (unpaired) electrons. The number of methoxy groups -OCH3 is 1. The maximum Gasteiger partial charge on any atom is 0.327 e. The number of carbonyl (C=O) groups is 1. The predicted octanol–water partition coefficient (Wildman–Crippen LogP) is 2.94. The van der Waals surface area contributed by atoms with E-state index in [1.54, 1.807) is 23.1 Å². The van der Waals surface area contributed by atoms with Gasteiger partial charge in [0.1, 0.15) is 18.9 Å². The Morgan fingerprint density at radius 2 is 1.90 bits per heavy atom. The molecule has 7 heteroatoms. The summed E-state index contributed by atoms with van der Waals surface area (Å²) < 4.78 is 13.5. The Morgan fingerprint density at radius 3 is 2.66 bits per heavy atom. The summed E-state index contributed by atoms with van der Waals surface area (Å²) in [5, 5.41) is 5.04. The topological polar surface area (TPSA) is 75.3 Å². The van der Waals surface area contributed by atoms with E-state index < -0.39 is 0 Å². The second-order valence-corrected chi connectivity index (χ2v) is 6.47. The molecule has 4 aromatic rings. The maximum atomic E-state index is 12.6. The average molecular weight is 389 g/mol. The van der Waals surface area contributed by atoms with Crippen LogP contribution in [0.1, 0.15) is 5.56 Å². The van der Waals surface area contributed by atoms with Crippen molar-refractivity contribution in [1.29, 1.82) is 0 Å². The van der Waals surface area contributed by atoms with Crippen molar-refractivity contribution in [3.8, 4) is 11.4 Å². The maximum absolute atomic E-state index is 12.6. The number of rotatable bonds is 6. The highest BCUT2D eigenvalue weighted by Gasteiger charge is 2.09. The minimum atomic E-state index is -0.374. The Bertz CT molecular complexity index is 1210. The number of hydrogen-bond donors (Lipinski definition) is 0. The lowest BCUT2D eigenvalue weighted by Crippen LogP contribution is -2.16. The van der Waals surface area contributed by atoms with Crippen molar-refractivity contribution in [2.24, 2.45) is 0 Å². The molecule has 0 saturated heterocycles. The molecule has 2 aromatic carbocycles. The molecule has 146 valence electrons. The molecule has 29 heavy (non-hydrogen) atoms. The molecule has 0 fully saturated rings. The number of benzene rings is 2. The predicted molar refractivity (Wildman–Crippen MR) is 108 cm³/mol. The standard InChI is InChI=1S/C22H19N3O4/c1-28-22(27)14-25-20-8-7-18(11-17(20)13-23-25)24-10-9-19(12-21(24)26)29-15-16-5-3-2-4-6-16/h2-13H,14-15H2,1H3. The minimum absolute atomic E-state index is 0.0345. The van der Waals surface area contributed by atoms with Crippen LogP contribution in [0, 0.1) is 0 Å². The van der Waals surface area contributed by atoms with Gasteiger partial charge in [-0.25, -0.2) is 0 Å². The zero-order valence-electron chi connectivity index (χ0n) is 15.8.